The van der Waals surface area contributed by atoms with E-state index in [1.54, 1.807) is 6.08 Å². The van der Waals surface area contributed by atoms with E-state index >= 15 is 0 Å². The molecule has 0 aromatic carbocycles. The largest absolute Gasteiger partial charge is 0.472 e. The van der Waals surface area contributed by atoms with Crippen molar-refractivity contribution in [3.63, 3.8) is 0 Å². The molecular formula is C51H80NO8P. The Bertz CT molecular complexity index is 1450. The van der Waals surface area contributed by atoms with Crippen LogP contribution in [0.15, 0.2) is 134 Å². The van der Waals surface area contributed by atoms with E-state index in [0.29, 0.717) is 12.8 Å². The quantitative estimate of drug-likeness (QED) is 0.0267. The summed E-state index contributed by atoms with van der Waals surface area (Å²) in [6.07, 6.45) is 63.7. The molecule has 0 saturated carbocycles. The number of hydrogen-bond acceptors (Lipinski definition) is 8. The van der Waals surface area contributed by atoms with E-state index in [-0.39, 0.29) is 32.6 Å². The highest BCUT2D eigenvalue weighted by Crippen LogP contribution is 2.43. The zero-order valence-electron chi connectivity index (χ0n) is 37.6. The predicted octanol–water partition coefficient (Wildman–Crippen LogP) is 13.5. The minimum Gasteiger partial charge on any atom is -0.461 e. The van der Waals surface area contributed by atoms with Crippen LogP contribution in [0.4, 0.5) is 0 Å². The maximum absolute atomic E-state index is 12.6. The van der Waals surface area contributed by atoms with Gasteiger partial charge in [-0.1, -0.05) is 173 Å². The molecule has 9 nitrogen and oxygen atoms in total. The number of rotatable bonds is 40. The van der Waals surface area contributed by atoms with Gasteiger partial charge < -0.3 is 20.1 Å². The summed E-state index contributed by atoms with van der Waals surface area (Å²) in [5, 5.41) is 0. The van der Waals surface area contributed by atoms with Crippen LogP contribution in [0.2, 0.25) is 0 Å². The Kier molecular flexibility index (Phi) is 42.8. The smallest absolute Gasteiger partial charge is 0.461 e. The van der Waals surface area contributed by atoms with Gasteiger partial charge in [0.2, 0.25) is 0 Å². The lowest BCUT2D eigenvalue weighted by molar-refractivity contribution is -0.160. The predicted molar refractivity (Wildman–Crippen MR) is 256 cm³/mol. The van der Waals surface area contributed by atoms with E-state index in [2.05, 4.69) is 129 Å². The molecule has 0 rings (SSSR count). The minimum absolute atomic E-state index is 0.0310. The van der Waals surface area contributed by atoms with Crippen molar-refractivity contribution in [1.29, 1.82) is 0 Å². The molecule has 0 saturated heterocycles. The van der Waals surface area contributed by atoms with Crippen molar-refractivity contribution < 1.29 is 37.6 Å². The molecule has 0 aliphatic rings. The summed E-state index contributed by atoms with van der Waals surface area (Å²) >= 11 is 0. The fourth-order valence-electron chi connectivity index (χ4n) is 5.30. The average molecular weight is 866 g/mol. The number of hydrogen-bond donors (Lipinski definition) is 2. The maximum Gasteiger partial charge on any atom is 0.472 e. The van der Waals surface area contributed by atoms with Crippen molar-refractivity contribution in [3.8, 4) is 0 Å². The normalized spacial score (nSPS) is 14.5. The first kappa shape index (κ1) is 57.1. The Morgan fingerprint density at radius 2 is 0.902 bits per heavy atom. The number of carbonyl (C=O) groups excluding carboxylic acids is 2. The van der Waals surface area contributed by atoms with Gasteiger partial charge in [0.15, 0.2) is 6.10 Å². The molecule has 0 aliphatic heterocycles. The third-order valence-electron chi connectivity index (χ3n) is 8.56. The highest BCUT2D eigenvalue weighted by atomic mass is 31.2. The van der Waals surface area contributed by atoms with Crippen molar-refractivity contribution in [2.75, 3.05) is 26.4 Å². The molecule has 2 unspecified atom stereocenters. The fourth-order valence-corrected chi connectivity index (χ4v) is 6.06. The Hall–Kier alpha value is -3.85. The zero-order chi connectivity index (χ0) is 44.6. The van der Waals surface area contributed by atoms with Crippen LogP contribution in [0.3, 0.4) is 0 Å². The summed E-state index contributed by atoms with van der Waals surface area (Å²) in [4.78, 5) is 34.9. The van der Waals surface area contributed by atoms with Gasteiger partial charge in [0.25, 0.3) is 0 Å². The van der Waals surface area contributed by atoms with Crippen LogP contribution in [0, 0.1) is 0 Å². The molecule has 0 aromatic heterocycles. The fraction of sp³-hybridized carbons (Fsp3) is 0.529. The molecular weight excluding hydrogens is 786 g/mol. The summed E-state index contributed by atoms with van der Waals surface area (Å²) in [6, 6.07) is 0. The van der Waals surface area contributed by atoms with E-state index < -0.39 is 32.5 Å². The Morgan fingerprint density at radius 1 is 0.508 bits per heavy atom. The first-order valence-electron chi connectivity index (χ1n) is 22.7. The molecule has 10 heteroatoms. The van der Waals surface area contributed by atoms with Crippen LogP contribution < -0.4 is 5.73 Å². The number of unbranched alkanes of at least 4 members (excludes halogenated alkanes) is 6. The van der Waals surface area contributed by atoms with E-state index in [1.165, 1.54) is 0 Å². The molecule has 61 heavy (non-hydrogen) atoms. The van der Waals surface area contributed by atoms with Crippen LogP contribution in [0.25, 0.3) is 0 Å². The molecule has 2 atom stereocenters. The average Bonchev–Trinajstić information content (AvgIpc) is 3.25. The summed E-state index contributed by atoms with van der Waals surface area (Å²) in [5.74, 6) is -1.01. The van der Waals surface area contributed by atoms with Gasteiger partial charge in [-0.25, -0.2) is 4.57 Å². The second-order valence-electron chi connectivity index (χ2n) is 14.2. The summed E-state index contributed by atoms with van der Waals surface area (Å²) in [6.45, 7) is 3.34. The highest BCUT2D eigenvalue weighted by Gasteiger charge is 2.25. The number of phosphoric ester groups is 1. The Balaban J connectivity index is 4.27. The van der Waals surface area contributed by atoms with Crippen LogP contribution in [0.5, 0.6) is 0 Å². The van der Waals surface area contributed by atoms with Crippen molar-refractivity contribution in [2.45, 2.75) is 148 Å². The number of phosphoric acid groups is 1. The van der Waals surface area contributed by atoms with Gasteiger partial charge in [-0.15, -0.1) is 0 Å². The molecule has 3 N–H and O–H groups in total. The lowest BCUT2D eigenvalue weighted by Crippen LogP contribution is -2.29. The highest BCUT2D eigenvalue weighted by molar-refractivity contribution is 7.47. The molecule has 0 spiro atoms. The van der Waals surface area contributed by atoms with Crippen LogP contribution in [-0.4, -0.2) is 49.3 Å². The van der Waals surface area contributed by atoms with Crippen molar-refractivity contribution in [3.05, 3.63) is 134 Å². The maximum atomic E-state index is 12.6. The van der Waals surface area contributed by atoms with E-state index in [1.807, 2.05) is 12.2 Å². The van der Waals surface area contributed by atoms with Crippen LogP contribution in [0.1, 0.15) is 142 Å². The lowest BCUT2D eigenvalue weighted by Gasteiger charge is -2.19. The number of nitrogens with two attached hydrogens (primary N) is 1. The second kappa shape index (κ2) is 45.7. The monoisotopic (exact) mass is 866 g/mol. The van der Waals surface area contributed by atoms with Crippen molar-refractivity contribution in [1.82, 2.24) is 0 Å². The topological polar surface area (TPSA) is 134 Å². The molecule has 0 heterocycles. The first-order valence-corrected chi connectivity index (χ1v) is 24.2. The summed E-state index contributed by atoms with van der Waals surface area (Å²) in [7, 11) is -4.41. The van der Waals surface area contributed by atoms with Gasteiger partial charge in [0, 0.05) is 13.0 Å². The zero-order valence-corrected chi connectivity index (χ0v) is 38.5. The lowest BCUT2D eigenvalue weighted by atomic mass is 10.1. The molecule has 0 bridgehead atoms. The summed E-state index contributed by atoms with van der Waals surface area (Å²) in [5.41, 5.74) is 5.34. The van der Waals surface area contributed by atoms with E-state index in [4.69, 9.17) is 24.3 Å². The van der Waals surface area contributed by atoms with Crippen molar-refractivity contribution >= 4 is 19.8 Å². The molecule has 0 fully saturated rings. The third kappa shape index (κ3) is 45.5. The van der Waals surface area contributed by atoms with Gasteiger partial charge in [0.05, 0.1) is 19.6 Å². The molecule has 0 radical (unpaired) electrons. The van der Waals surface area contributed by atoms with Gasteiger partial charge >= 0.3 is 19.8 Å². The number of carbonyl (C=O) groups is 2. The van der Waals surface area contributed by atoms with Gasteiger partial charge in [-0.3, -0.25) is 18.6 Å². The Morgan fingerprint density at radius 3 is 1.34 bits per heavy atom. The van der Waals surface area contributed by atoms with Crippen molar-refractivity contribution in [2.24, 2.45) is 5.73 Å². The Labute approximate surface area is 370 Å². The molecule has 342 valence electrons. The number of esters is 2. The van der Waals surface area contributed by atoms with Crippen LogP contribution >= 0.6 is 7.82 Å². The van der Waals surface area contributed by atoms with E-state index in [0.717, 1.165) is 103 Å². The van der Waals surface area contributed by atoms with Gasteiger partial charge in [-0.2, -0.15) is 0 Å². The van der Waals surface area contributed by atoms with Gasteiger partial charge in [0.1, 0.15) is 6.61 Å². The third-order valence-corrected chi connectivity index (χ3v) is 9.55. The van der Waals surface area contributed by atoms with Crippen LogP contribution in [-0.2, 0) is 32.7 Å². The van der Waals surface area contributed by atoms with Gasteiger partial charge in [-0.05, 0) is 89.9 Å². The second-order valence-corrected chi connectivity index (χ2v) is 15.6. The molecule has 0 aromatic rings. The standard InChI is InChI=1S/C51H80NO8P/c1-3-5-7-9-11-13-15-17-19-20-21-22-23-24-25-26-27-28-30-32-34-36-38-40-42-44-51(54)60-49(48-59-61(55,56)58-46-45-52)47-57-50(53)43-41-39-37-35-33-31-29-18-16-14-12-10-8-6-4-2/h5-8,11-14,17-19,21-22,24-25,27-29,33,35,39,41,49H,3-4,9-10,15-16,20,23,26,30-32,34,36-38,40,42-48,52H2,1-2H3,(H,55,56)/b7-5-,8-6-,13-11-,14-12-,19-17-,22-21-,25-24-,28-27-,29-18-,35-33-,41-39-. The first-order chi connectivity index (χ1) is 29.8. The molecule has 0 amide bonds. The number of ether oxygens (including phenoxy) is 2. The summed E-state index contributed by atoms with van der Waals surface area (Å²) < 4.78 is 32.7. The molecule has 0 aliphatic carbocycles. The minimum atomic E-state index is -4.41. The number of allylic oxidation sites excluding steroid dienone is 21. The SMILES string of the molecule is CC/C=C\C/C=C\C/C=C\C/C=C\C/C=C\C/C=C\CCCCCCCCC(=O)OC(COC(=O)C/C=C\C/C=C\C/C=C\C/C=C\C/C=C\CC)COP(=O)(O)OCCN. The van der Waals surface area contributed by atoms with E-state index in [9.17, 15) is 19.0 Å².